The fraction of sp³-hybridized carbons (Fsp3) is 0.520. The Morgan fingerprint density at radius 1 is 0.897 bits per heavy atom. The molecular formula is C25H32N2O2. The molecule has 0 unspecified atom stereocenters. The Bertz CT molecular complexity index is 812. The molecule has 0 N–H and O–H groups in total. The van der Waals surface area contributed by atoms with Crippen LogP contribution < -0.4 is 9.47 Å². The molecule has 4 nitrogen and oxygen atoms in total. The Kier molecular flexibility index (Phi) is 5.23. The van der Waals surface area contributed by atoms with Crippen LogP contribution in [0.3, 0.4) is 0 Å². The first-order valence-corrected chi connectivity index (χ1v) is 11.1. The second kappa shape index (κ2) is 8.00. The summed E-state index contributed by atoms with van der Waals surface area (Å²) in [6.45, 7) is 7.47. The van der Waals surface area contributed by atoms with Crippen molar-refractivity contribution < 1.29 is 9.47 Å². The van der Waals surface area contributed by atoms with E-state index >= 15 is 0 Å². The lowest BCUT2D eigenvalue weighted by Gasteiger charge is -2.51. The summed E-state index contributed by atoms with van der Waals surface area (Å²) < 4.78 is 11.0. The molecule has 4 heterocycles. The summed E-state index contributed by atoms with van der Waals surface area (Å²) in [5, 5.41) is 0. The van der Waals surface area contributed by atoms with Gasteiger partial charge in [0.2, 0.25) is 0 Å². The van der Waals surface area contributed by atoms with Crippen LogP contribution in [0.2, 0.25) is 0 Å². The van der Waals surface area contributed by atoms with Gasteiger partial charge in [0.25, 0.3) is 0 Å². The predicted molar refractivity (Wildman–Crippen MR) is 116 cm³/mol. The quantitative estimate of drug-likeness (QED) is 0.737. The van der Waals surface area contributed by atoms with Crippen LogP contribution >= 0.6 is 0 Å². The lowest BCUT2D eigenvalue weighted by atomic mass is 9.75. The first-order valence-electron chi connectivity index (χ1n) is 11.1. The van der Waals surface area contributed by atoms with Crippen LogP contribution in [0.4, 0.5) is 0 Å². The molecule has 3 atom stereocenters. The molecule has 0 amide bonds. The summed E-state index contributed by atoms with van der Waals surface area (Å²) in [7, 11) is 1.74. The van der Waals surface area contributed by atoms with Gasteiger partial charge in [-0.2, -0.15) is 0 Å². The Labute approximate surface area is 174 Å². The normalized spacial score (nSPS) is 30.9. The van der Waals surface area contributed by atoms with Gasteiger partial charge in [0.1, 0.15) is 11.5 Å². The molecule has 4 heteroatoms. The smallest absolute Gasteiger partial charge is 0.119 e. The zero-order valence-corrected chi connectivity index (χ0v) is 17.6. The Balaban J connectivity index is 1.40. The molecule has 4 aliphatic heterocycles. The van der Waals surface area contributed by atoms with E-state index in [1.165, 1.54) is 37.1 Å². The van der Waals surface area contributed by atoms with Crippen molar-refractivity contribution in [3.63, 3.8) is 0 Å². The van der Waals surface area contributed by atoms with Crippen LogP contribution in [0.1, 0.15) is 36.8 Å². The van der Waals surface area contributed by atoms with E-state index in [2.05, 4.69) is 58.3 Å². The summed E-state index contributed by atoms with van der Waals surface area (Å²) in [5.74, 6) is 3.34. The molecule has 0 spiro atoms. The van der Waals surface area contributed by atoms with Gasteiger partial charge in [0.15, 0.2) is 0 Å². The summed E-state index contributed by atoms with van der Waals surface area (Å²) in [6, 6.07) is 18.8. The predicted octanol–water partition coefficient (Wildman–Crippen LogP) is 4.16. The number of ether oxygens (including phenoxy) is 2. The third-order valence-corrected chi connectivity index (χ3v) is 7.26. The number of piperidine rings is 3. The number of nitrogens with zero attached hydrogens (tertiary/aromatic N) is 2. The molecule has 2 aromatic rings. The van der Waals surface area contributed by atoms with Gasteiger partial charge < -0.3 is 9.47 Å². The summed E-state index contributed by atoms with van der Waals surface area (Å²) >= 11 is 0. The second-order valence-corrected chi connectivity index (χ2v) is 8.74. The molecule has 0 aliphatic carbocycles. The van der Waals surface area contributed by atoms with Gasteiger partial charge in [0.05, 0.1) is 13.7 Å². The molecule has 4 aliphatic rings. The summed E-state index contributed by atoms with van der Waals surface area (Å²) in [4.78, 5) is 5.54. The molecule has 6 rings (SSSR count). The standard InChI is InChI=1S/C25H32N2O2/c1-3-29-22-8-4-18(5-9-22)16-27-17-23(19-6-10-21(28-2)11-7-19)25-24(27)20-12-14-26(25)15-13-20/h4-11,20,23-25H,3,12-17H2,1-2H3/t23-,24+,25+/m0/s1. The Morgan fingerprint density at radius 3 is 2.24 bits per heavy atom. The Hall–Kier alpha value is -2.04. The van der Waals surface area contributed by atoms with Crippen LogP contribution in [0.15, 0.2) is 48.5 Å². The van der Waals surface area contributed by atoms with Gasteiger partial charge in [-0.1, -0.05) is 24.3 Å². The van der Waals surface area contributed by atoms with E-state index in [1.807, 2.05) is 6.92 Å². The Morgan fingerprint density at radius 2 is 1.59 bits per heavy atom. The molecule has 154 valence electrons. The summed E-state index contributed by atoms with van der Waals surface area (Å²) in [6.07, 6.45) is 2.71. The van der Waals surface area contributed by atoms with E-state index in [-0.39, 0.29) is 0 Å². The monoisotopic (exact) mass is 392 g/mol. The van der Waals surface area contributed by atoms with Crippen LogP contribution in [0.5, 0.6) is 11.5 Å². The zero-order chi connectivity index (χ0) is 19.8. The van der Waals surface area contributed by atoms with Crippen LogP contribution in [-0.2, 0) is 6.54 Å². The van der Waals surface area contributed by atoms with Crippen molar-refractivity contribution in [3.05, 3.63) is 59.7 Å². The molecule has 29 heavy (non-hydrogen) atoms. The van der Waals surface area contributed by atoms with Crippen LogP contribution in [0.25, 0.3) is 0 Å². The molecule has 0 radical (unpaired) electrons. The van der Waals surface area contributed by atoms with E-state index in [0.29, 0.717) is 18.0 Å². The molecule has 2 bridgehead atoms. The number of methoxy groups -OCH3 is 1. The first kappa shape index (κ1) is 19.0. The fourth-order valence-corrected chi connectivity index (χ4v) is 5.96. The highest BCUT2D eigenvalue weighted by molar-refractivity contribution is 5.33. The fourth-order valence-electron chi connectivity index (χ4n) is 5.96. The SMILES string of the molecule is CCOc1ccc(CN2C[C@@H](c3ccc(OC)cc3)[C@@H]3[C@H]2C2CCN3CC2)cc1. The number of hydrogen-bond donors (Lipinski definition) is 0. The van der Waals surface area contributed by atoms with Crippen molar-refractivity contribution in [1.82, 2.24) is 9.80 Å². The average Bonchev–Trinajstić information content (AvgIpc) is 3.18. The maximum Gasteiger partial charge on any atom is 0.119 e. The van der Waals surface area contributed by atoms with Crippen molar-refractivity contribution in [2.75, 3.05) is 33.4 Å². The van der Waals surface area contributed by atoms with E-state index in [1.54, 1.807) is 7.11 Å². The van der Waals surface area contributed by atoms with E-state index in [4.69, 9.17) is 9.47 Å². The third-order valence-electron chi connectivity index (χ3n) is 7.26. The minimum Gasteiger partial charge on any atom is -0.497 e. The number of hydrogen-bond acceptors (Lipinski definition) is 4. The zero-order valence-electron chi connectivity index (χ0n) is 17.6. The summed E-state index contributed by atoms with van der Waals surface area (Å²) in [5.41, 5.74) is 2.85. The van der Waals surface area contributed by atoms with Gasteiger partial charge in [-0.25, -0.2) is 0 Å². The minimum atomic E-state index is 0.580. The van der Waals surface area contributed by atoms with E-state index in [9.17, 15) is 0 Å². The highest BCUT2D eigenvalue weighted by Crippen LogP contribution is 2.47. The molecule has 2 aromatic carbocycles. The van der Waals surface area contributed by atoms with Crippen molar-refractivity contribution >= 4 is 0 Å². The van der Waals surface area contributed by atoms with Crippen molar-refractivity contribution in [1.29, 1.82) is 0 Å². The second-order valence-electron chi connectivity index (χ2n) is 8.74. The van der Waals surface area contributed by atoms with Gasteiger partial charge in [-0.05, 0) is 74.2 Å². The number of rotatable bonds is 6. The van der Waals surface area contributed by atoms with Crippen LogP contribution in [-0.4, -0.2) is 55.2 Å². The van der Waals surface area contributed by atoms with Crippen LogP contribution in [0, 0.1) is 5.92 Å². The largest absolute Gasteiger partial charge is 0.497 e. The van der Waals surface area contributed by atoms with Gasteiger partial charge >= 0.3 is 0 Å². The van der Waals surface area contributed by atoms with Crippen molar-refractivity contribution in [2.45, 2.75) is 44.3 Å². The minimum absolute atomic E-state index is 0.580. The van der Waals surface area contributed by atoms with Crippen molar-refractivity contribution in [2.24, 2.45) is 5.92 Å². The number of benzene rings is 2. The van der Waals surface area contributed by atoms with Gasteiger partial charge in [-0.3, -0.25) is 9.80 Å². The lowest BCUT2D eigenvalue weighted by molar-refractivity contribution is -0.00869. The molecule has 0 aromatic heterocycles. The third kappa shape index (κ3) is 3.53. The lowest BCUT2D eigenvalue weighted by Crippen LogP contribution is -2.59. The molecular weight excluding hydrogens is 360 g/mol. The van der Waals surface area contributed by atoms with Gasteiger partial charge in [0, 0.05) is 31.1 Å². The molecule has 0 saturated carbocycles. The molecule has 4 saturated heterocycles. The highest BCUT2D eigenvalue weighted by atomic mass is 16.5. The first-order chi connectivity index (χ1) is 14.3. The van der Waals surface area contributed by atoms with E-state index < -0.39 is 0 Å². The average molecular weight is 393 g/mol. The molecule has 4 fully saturated rings. The number of fused-ring (bicyclic) bond motifs is 2. The highest BCUT2D eigenvalue weighted by Gasteiger charge is 2.53. The number of likely N-dealkylation sites (tertiary alicyclic amines) is 1. The van der Waals surface area contributed by atoms with Crippen molar-refractivity contribution in [3.8, 4) is 11.5 Å². The maximum atomic E-state index is 5.62. The maximum absolute atomic E-state index is 5.62. The van der Waals surface area contributed by atoms with E-state index in [0.717, 1.165) is 37.1 Å². The topological polar surface area (TPSA) is 24.9 Å². The van der Waals surface area contributed by atoms with Gasteiger partial charge in [-0.15, -0.1) is 0 Å².